The van der Waals surface area contributed by atoms with Crippen molar-refractivity contribution in [1.29, 1.82) is 0 Å². The van der Waals surface area contributed by atoms with E-state index in [0.29, 0.717) is 30.4 Å². The second kappa shape index (κ2) is 6.35. The lowest BCUT2D eigenvalue weighted by molar-refractivity contribution is -0.125. The predicted octanol–water partition coefficient (Wildman–Crippen LogP) is 1.60. The first-order chi connectivity index (χ1) is 11.7. The summed E-state index contributed by atoms with van der Waals surface area (Å²) in [4.78, 5) is 27.5. The number of aromatic nitrogens is 3. The molecular formula is C16H19N5O2S. The Balaban J connectivity index is 1.40. The van der Waals surface area contributed by atoms with Crippen LogP contribution in [0.3, 0.4) is 0 Å². The molecule has 3 heterocycles. The fraction of sp³-hybridized carbons (Fsp3) is 0.500. The average Bonchev–Trinajstić information content (AvgIpc) is 3.07. The van der Waals surface area contributed by atoms with Gasteiger partial charge in [0.2, 0.25) is 5.91 Å². The van der Waals surface area contributed by atoms with E-state index in [2.05, 4.69) is 15.5 Å². The van der Waals surface area contributed by atoms with Gasteiger partial charge in [0.05, 0.1) is 11.4 Å². The summed E-state index contributed by atoms with van der Waals surface area (Å²) in [7, 11) is 0. The molecule has 0 aromatic carbocycles. The van der Waals surface area contributed by atoms with E-state index in [0.717, 1.165) is 25.1 Å². The smallest absolute Gasteiger partial charge is 0.264 e. The predicted molar refractivity (Wildman–Crippen MR) is 88.5 cm³/mol. The monoisotopic (exact) mass is 345 g/mol. The van der Waals surface area contributed by atoms with Gasteiger partial charge in [-0.25, -0.2) is 0 Å². The quantitative estimate of drug-likeness (QED) is 0.892. The Kier molecular flexibility index (Phi) is 4.05. The van der Waals surface area contributed by atoms with E-state index >= 15 is 0 Å². The molecular weight excluding hydrogens is 326 g/mol. The zero-order valence-corrected chi connectivity index (χ0v) is 14.0. The summed E-state index contributed by atoms with van der Waals surface area (Å²) in [6.07, 6.45) is 5.57. The number of nitrogens with zero attached hydrogens (tertiary/aromatic N) is 4. The third-order valence-corrected chi connectivity index (χ3v) is 5.41. The summed E-state index contributed by atoms with van der Waals surface area (Å²) in [5.41, 5.74) is 0. The van der Waals surface area contributed by atoms with Gasteiger partial charge in [0.15, 0.2) is 5.82 Å². The van der Waals surface area contributed by atoms with Crippen molar-refractivity contribution in [3.63, 3.8) is 0 Å². The Bertz CT molecular complexity index is 737. The zero-order chi connectivity index (χ0) is 16.5. The van der Waals surface area contributed by atoms with Gasteiger partial charge in [-0.05, 0) is 37.1 Å². The third-order valence-electron chi connectivity index (χ3n) is 4.56. The Morgan fingerprint density at radius 2 is 2.21 bits per heavy atom. The number of nitrogens with one attached hydrogen (secondary N) is 1. The van der Waals surface area contributed by atoms with Gasteiger partial charge in [-0.3, -0.25) is 9.59 Å². The van der Waals surface area contributed by atoms with Gasteiger partial charge in [-0.2, -0.15) is 0 Å². The minimum Gasteiger partial charge on any atom is -0.347 e. The maximum Gasteiger partial charge on any atom is 0.264 e. The highest BCUT2D eigenvalue weighted by Gasteiger charge is 2.35. The topological polar surface area (TPSA) is 80.1 Å². The van der Waals surface area contributed by atoms with Crippen LogP contribution in [0.5, 0.6) is 0 Å². The SMILES string of the molecule is O=C(NCc1nncn1C1CC1)[C@@H]1CCCN1C(=O)c1cccs1. The molecule has 2 fully saturated rings. The molecule has 1 saturated carbocycles. The van der Waals surface area contributed by atoms with Crippen LogP contribution in [0.4, 0.5) is 0 Å². The Hall–Kier alpha value is -2.22. The Morgan fingerprint density at radius 1 is 1.33 bits per heavy atom. The van der Waals surface area contributed by atoms with Gasteiger partial charge in [0.25, 0.3) is 5.91 Å². The molecule has 0 unspecified atom stereocenters. The molecule has 126 valence electrons. The highest BCUT2D eigenvalue weighted by Crippen LogP contribution is 2.35. The number of hydrogen-bond acceptors (Lipinski definition) is 5. The molecule has 2 aliphatic rings. The van der Waals surface area contributed by atoms with Crippen LogP contribution in [0.25, 0.3) is 0 Å². The number of thiophene rings is 1. The normalized spacial score (nSPS) is 20.3. The third kappa shape index (κ3) is 2.93. The van der Waals surface area contributed by atoms with Crippen LogP contribution in [-0.4, -0.2) is 44.1 Å². The standard InChI is InChI=1S/C16H19N5O2S/c22-15(17-9-14-19-18-10-21(14)11-5-6-11)12-3-1-7-20(12)16(23)13-4-2-8-24-13/h2,4,8,10-12H,1,3,5-7,9H2,(H,17,22)/t12-/m0/s1. The van der Waals surface area contributed by atoms with Gasteiger partial charge in [0.1, 0.15) is 12.4 Å². The molecule has 1 saturated heterocycles. The lowest BCUT2D eigenvalue weighted by atomic mass is 10.2. The van der Waals surface area contributed by atoms with E-state index in [1.54, 1.807) is 17.3 Å². The molecule has 4 rings (SSSR count). The first-order valence-electron chi connectivity index (χ1n) is 8.24. The van der Waals surface area contributed by atoms with Crippen LogP contribution in [0, 0.1) is 0 Å². The number of likely N-dealkylation sites (tertiary alicyclic amines) is 1. The molecule has 0 spiro atoms. The second-order valence-electron chi connectivity index (χ2n) is 6.24. The molecule has 7 nitrogen and oxygen atoms in total. The van der Waals surface area contributed by atoms with Crippen molar-refractivity contribution in [2.75, 3.05) is 6.54 Å². The van der Waals surface area contributed by atoms with Crippen LogP contribution in [0.2, 0.25) is 0 Å². The van der Waals surface area contributed by atoms with E-state index in [4.69, 9.17) is 0 Å². The highest BCUT2D eigenvalue weighted by molar-refractivity contribution is 7.12. The molecule has 24 heavy (non-hydrogen) atoms. The maximum atomic E-state index is 12.6. The van der Waals surface area contributed by atoms with Crippen molar-refractivity contribution >= 4 is 23.2 Å². The van der Waals surface area contributed by atoms with Crippen molar-refractivity contribution in [3.05, 3.63) is 34.5 Å². The van der Waals surface area contributed by atoms with E-state index < -0.39 is 6.04 Å². The summed E-state index contributed by atoms with van der Waals surface area (Å²) < 4.78 is 2.03. The summed E-state index contributed by atoms with van der Waals surface area (Å²) in [6.45, 7) is 0.986. The summed E-state index contributed by atoms with van der Waals surface area (Å²) >= 11 is 1.41. The molecule has 2 aromatic rings. The molecule has 1 atom stereocenters. The van der Waals surface area contributed by atoms with Gasteiger partial charge in [-0.15, -0.1) is 21.5 Å². The van der Waals surface area contributed by atoms with Crippen molar-refractivity contribution in [3.8, 4) is 0 Å². The number of carbonyl (C=O) groups excluding carboxylic acids is 2. The molecule has 1 aliphatic carbocycles. The van der Waals surface area contributed by atoms with Crippen molar-refractivity contribution < 1.29 is 9.59 Å². The zero-order valence-electron chi connectivity index (χ0n) is 13.2. The van der Waals surface area contributed by atoms with E-state index in [9.17, 15) is 9.59 Å². The second-order valence-corrected chi connectivity index (χ2v) is 7.18. The fourth-order valence-electron chi connectivity index (χ4n) is 3.16. The number of amides is 2. The summed E-state index contributed by atoms with van der Waals surface area (Å²) in [6, 6.07) is 3.75. The molecule has 2 amide bonds. The summed E-state index contributed by atoms with van der Waals surface area (Å²) in [5, 5.41) is 12.8. The molecule has 0 bridgehead atoms. The lowest BCUT2D eigenvalue weighted by Gasteiger charge is -2.23. The largest absolute Gasteiger partial charge is 0.347 e. The van der Waals surface area contributed by atoms with Crippen molar-refractivity contribution in [2.24, 2.45) is 0 Å². The first kappa shape index (κ1) is 15.3. The Labute approximate surface area is 143 Å². The van der Waals surface area contributed by atoms with E-state index in [-0.39, 0.29) is 11.8 Å². The van der Waals surface area contributed by atoms with Crippen LogP contribution >= 0.6 is 11.3 Å². The van der Waals surface area contributed by atoms with Crippen LogP contribution in [-0.2, 0) is 11.3 Å². The summed E-state index contributed by atoms with van der Waals surface area (Å²) in [5.74, 6) is 0.617. The minimum absolute atomic E-state index is 0.0520. The highest BCUT2D eigenvalue weighted by atomic mass is 32.1. The van der Waals surface area contributed by atoms with E-state index in [1.807, 2.05) is 16.0 Å². The molecule has 8 heteroatoms. The first-order valence-corrected chi connectivity index (χ1v) is 9.12. The maximum absolute atomic E-state index is 12.6. The van der Waals surface area contributed by atoms with Crippen molar-refractivity contribution in [2.45, 2.75) is 44.3 Å². The molecule has 1 aliphatic heterocycles. The van der Waals surface area contributed by atoms with Gasteiger partial charge >= 0.3 is 0 Å². The van der Waals surface area contributed by atoms with Gasteiger partial charge in [-0.1, -0.05) is 6.07 Å². The lowest BCUT2D eigenvalue weighted by Crippen LogP contribution is -2.45. The minimum atomic E-state index is -0.392. The van der Waals surface area contributed by atoms with Gasteiger partial charge in [0, 0.05) is 12.6 Å². The van der Waals surface area contributed by atoms with Crippen LogP contribution in [0.1, 0.15) is 47.2 Å². The molecule has 0 radical (unpaired) electrons. The molecule has 2 aromatic heterocycles. The number of carbonyl (C=O) groups is 2. The number of hydrogen-bond donors (Lipinski definition) is 1. The van der Waals surface area contributed by atoms with Crippen LogP contribution in [0.15, 0.2) is 23.8 Å². The van der Waals surface area contributed by atoms with Gasteiger partial charge < -0.3 is 14.8 Å². The van der Waals surface area contributed by atoms with E-state index in [1.165, 1.54) is 11.3 Å². The van der Waals surface area contributed by atoms with Crippen LogP contribution < -0.4 is 5.32 Å². The van der Waals surface area contributed by atoms with Crippen molar-refractivity contribution in [1.82, 2.24) is 25.0 Å². The number of rotatable bonds is 5. The Morgan fingerprint density at radius 3 is 2.96 bits per heavy atom. The average molecular weight is 345 g/mol. The molecule has 1 N–H and O–H groups in total. The fourth-order valence-corrected chi connectivity index (χ4v) is 3.84.